The largest absolute Gasteiger partial charge is 0.369 e. The van der Waals surface area contributed by atoms with Crippen molar-refractivity contribution in [2.75, 3.05) is 0 Å². The first-order valence-electron chi connectivity index (χ1n) is 7.64. The van der Waals surface area contributed by atoms with Crippen LogP contribution in [0.1, 0.15) is 62.7 Å². The van der Waals surface area contributed by atoms with Gasteiger partial charge >= 0.3 is 0 Å². The van der Waals surface area contributed by atoms with E-state index in [1.165, 1.54) is 49.7 Å². The number of rotatable bonds is 4. The van der Waals surface area contributed by atoms with Crippen LogP contribution in [-0.4, -0.2) is 12.1 Å². The van der Waals surface area contributed by atoms with E-state index in [9.17, 15) is 0 Å². The summed E-state index contributed by atoms with van der Waals surface area (Å²) in [6, 6.07) is 8.58. The maximum absolute atomic E-state index is 6.35. The third-order valence-corrected chi connectivity index (χ3v) is 3.99. The Balaban J connectivity index is 2.07. The third-order valence-electron chi connectivity index (χ3n) is 3.99. The van der Waals surface area contributed by atoms with Crippen molar-refractivity contribution in [3.05, 3.63) is 35.4 Å². The molecule has 19 heavy (non-hydrogen) atoms. The van der Waals surface area contributed by atoms with Gasteiger partial charge < -0.3 is 10.5 Å². The van der Waals surface area contributed by atoms with Gasteiger partial charge in [-0.25, -0.2) is 0 Å². The molecule has 2 unspecified atom stereocenters. The van der Waals surface area contributed by atoms with Crippen LogP contribution in [0.25, 0.3) is 0 Å². The molecule has 1 aromatic carbocycles. The van der Waals surface area contributed by atoms with E-state index in [1.807, 2.05) is 6.92 Å². The lowest BCUT2D eigenvalue weighted by Gasteiger charge is -2.27. The molecule has 0 aromatic heterocycles. The van der Waals surface area contributed by atoms with Crippen LogP contribution in [0, 0.1) is 6.92 Å². The molecule has 0 radical (unpaired) electrons. The van der Waals surface area contributed by atoms with Crippen molar-refractivity contribution < 1.29 is 4.74 Å². The second kappa shape index (κ2) is 7.06. The van der Waals surface area contributed by atoms with Gasteiger partial charge in [-0.1, -0.05) is 55.5 Å². The summed E-state index contributed by atoms with van der Waals surface area (Å²) in [5.74, 6) is 0. The number of hydrogen-bond donors (Lipinski definition) is 1. The third kappa shape index (κ3) is 4.32. The zero-order valence-electron chi connectivity index (χ0n) is 12.3. The summed E-state index contributed by atoms with van der Waals surface area (Å²) in [5, 5.41) is 0. The van der Waals surface area contributed by atoms with Gasteiger partial charge in [-0.3, -0.25) is 0 Å². The molecular weight excluding hydrogens is 234 g/mol. The topological polar surface area (TPSA) is 35.2 Å². The van der Waals surface area contributed by atoms with Crippen LogP contribution < -0.4 is 5.73 Å². The molecule has 0 heterocycles. The Morgan fingerprint density at radius 3 is 2.42 bits per heavy atom. The van der Waals surface area contributed by atoms with Crippen molar-refractivity contribution in [3.63, 3.8) is 0 Å². The highest BCUT2D eigenvalue weighted by atomic mass is 16.5. The van der Waals surface area contributed by atoms with Crippen molar-refractivity contribution in [1.29, 1.82) is 0 Å². The van der Waals surface area contributed by atoms with Crippen molar-refractivity contribution >= 4 is 0 Å². The highest BCUT2D eigenvalue weighted by Gasteiger charge is 2.22. The van der Waals surface area contributed by atoms with Crippen molar-refractivity contribution in [3.8, 4) is 0 Å². The molecule has 2 nitrogen and oxygen atoms in total. The van der Waals surface area contributed by atoms with Crippen molar-refractivity contribution in [2.45, 2.75) is 70.6 Å². The molecule has 0 aliphatic heterocycles. The molecule has 1 fully saturated rings. The van der Waals surface area contributed by atoms with Gasteiger partial charge in [0, 0.05) is 6.04 Å². The summed E-state index contributed by atoms with van der Waals surface area (Å²) >= 11 is 0. The van der Waals surface area contributed by atoms with Gasteiger partial charge in [0.05, 0.1) is 12.2 Å². The second-order valence-corrected chi connectivity index (χ2v) is 5.94. The van der Waals surface area contributed by atoms with Crippen molar-refractivity contribution in [2.24, 2.45) is 5.73 Å². The molecule has 106 valence electrons. The predicted octanol–water partition coefficient (Wildman–Crippen LogP) is 4.12. The SMILES string of the molecule is Cc1cccc(C(OC2CCCCCC2)C(C)N)c1. The number of nitrogens with two attached hydrogens (primary N) is 1. The Bertz CT molecular complexity index is 381. The fraction of sp³-hybridized carbons (Fsp3) is 0.647. The number of hydrogen-bond acceptors (Lipinski definition) is 2. The van der Waals surface area contributed by atoms with Gasteiger partial charge in [0.1, 0.15) is 0 Å². The fourth-order valence-corrected chi connectivity index (χ4v) is 2.94. The lowest BCUT2D eigenvalue weighted by molar-refractivity contribution is -0.0309. The van der Waals surface area contributed by atoms with Gasteiger partial charge in [-0.15, -0.1) is 0 Å². The Labute approximate surface area is 117 Å². The predicted molar refractivity (Wildman–Crippen MR) is 80.1 cm³/mol. The Hall–Kier alpha value is -0.860. The average molecular weight is 261 g/mol. The molecule has 2 N–H and O–H groups in total. The van der Waals surface area contributed by atoms with E-state index in [0.29, 0.717) is 6.10 Å². The van der Waals surface area contributed by atoms with Crippen LogP contribution in [0.2, 0.25) is 0 Å². The molecule has 2 rings (SSSR count). The van der Waals surface area contributed by atoms with Crippen LogP contribution in [0.4, 0.5) is 0 Å². The molecule has 2 atom stereocenters. The summed E-state index contributed by atoms with van der Waals surface area (Å²) in [4.78, 5) is 0. The van der Waals surface area contributed by atoms with Gasteiger partial charge in [0.25, 0.3) is 0 Å². The molecule has 0 saturated heterocycles. The van der Waals surface area contributed by atoms with E-state index in [0.717, 1.165) is 0 Å². The fourth-order valence-electron chi connectivity index (χ4n) is 2.94. The van der Waals surface area contributed by atoms with E-state index < -0.39 is 0 Å². The zero-order valence-corrected chi connectivity index (χ0v) is 12.3. The molecule has 0 bridgehead atoms. The van der Waals surface area contributed by atoms with Crippen LogP contribution in [0.5, 0.6) is 0 Å². The van der Waals surface area contributed by atoms with E-state index in [2.05, 4.69) is 31.2 Å². The lowest BCUT2D eigenvalue weighted by Crippen LogP contribution is -2.30. The normalized spacial score (nSPS) is 20.8. The first kappa shape index (κ1) is 14.5. The maximum atomic E-state index is 6.35. The molecule has 0 amide bonds. The molecule has 1 aromatic rings. The summed E-state index contributed by atoms with van der Waals surface area (Å²) in [5.41, 5.74) is 8.64. The van der Waals surface area contributed by atoms with Crippen LogP contribution in [-0.2, 0) is 4.74 Å². The van der Waals surface area contributed by atoms with E-state index in [-0.39, 0.29) is 12.1 Å². The molecule has 0 spiro atoms. The Morgan fingerprint density at radius 2 is 1.84 bits per heavy atom. The first-order valence-corrected chi connectivity index (χ1v) is 7.64. The molecular formula is C17H27NO. The monoisotopic (exact) mass is 261 g/mol. The average Bonchev–Trinajstić information content (AvgIpc) is 2.64. The van der Waals surface area contributed by atoms with Gasteiger partial charge in [0.2, 0.25) is 0 Å². The standard InChI is InChI=1S/C17H27NO/c1-13-8-7-9-15(12-13)17(14(2)18)19-16-10-5-3-4-6-11-16/h7-9,12,14,16-17H,3-6,10-11,18H2,1-2H3. The highest BCUT2D eigenvalue weighted by Crippen LogP contribution is 2.28. The number of aryl methyl sites for hydroxylation is 1. The molecule has 2 heteroatoms. The van der Waals surface area contributed by atoms with Crippen LogP contribution >= 0.6 is 0 Å². The Kier molecular flexibility index (Phi) is 5.41. The van der Waals surface area contributed by atoms with Gasteiger partial charge in [-0.2, -0.15) is 0 Å². The summed E-state index contributed by atoms with van der Waals surface area (Å²) < 4.78 is 6.35. The van der Waals surface area contributed by atoms with Crippen LogP contribution in [0.3, 0.4) is 0 Å². The summed E-state index contributed by atoms with van der Waals surface area (Å²) in [6.45, 7) is 4.16. The molecule has 1 aliphatic carbocycles. The zero-order chi connectivity index (χ0) is 13.7. The van der Waals surface area contributed by atoms with Crippen LogP contribution in [0.15, 0.2) is 24.3 Å². The lowest BCUT2D eigenvalue weighted by atomic mass is 10.0. The van der Waals surface area contributed by atoms with E-state index in [4.69, 9.17) is 10.5 Å². The van der Waals surface area contributed by atoms with E-state index in [1.54, 1.807) is 0 Å². The summed E-state index contributed by atoms with van der Waals surface area (Å²) in [6.07, 6.45) is 8.10. The maximum Gasteiger partial charge on any atom is 0.0976 e. The number of benzene rings is 1. The minimum atomic E-state index is 0.0306. The Morgan fingerprint density at radius 1 is 1.16 bits per heavy atom. The minimum Gasteiger partial charge on any atom is -0.369 e. The number of ether oxygens (including phenoxy) is 1. The molecule has 1 aliphatic rings. The van der Waals surface area contributed by atoms with Gasteiger partial charge in [0.15, 0.2) is 0 Å². The summed E-state index contributed by atoms with van der Waals surface area (Å²) in [7, 11) is 0. The molecule has 1 saturated carbocycles. The first-order chi connectivity index (χ1) is 9.16. The smallest absolute Gasteiger partial charge is 0.0976 e. The van der Waals surface area contributed by atoms with Gasteiger partial charge in [-0.05, 0) is 32.3 Å². The second-order valence-electron chi connectivity index (χ2n) is 5.94. The van der Waals surface area contributed by atoms with E-state index >= 15 is 0 Å². The minimum absolute atomic E-state index is 0.0306. The van der Waals surface area contributed by atoms with Crippen molar-refractivity contribution in [1.82, 2.24) is 0 Å². The highest BCUT2D eigenvalue weighted by molar-refractivity contribution is 5.25. The quantitative estimate of drug-likeness (QED) is 0.827.